The number of hydrogen-bond acceptors (Lipinski definition) is 6. The summed E-state index contributed by atoms with van der Waals surface area (Å²) < 4.78 is 27.2. The molecule has 196 valence electrons. The maximum Gasteiger partial charge on any atom is 0.255 e. The van der Waals surface area contributed by atoms with Crippen molar-refractivity contribution in [3.8, 4) is 5.75 Å². The van der Waals surface area contributed by atoms with Crippen LogP contribution in [0.1, 0.15) is 80.1 Å². The highest BCUT2D eigenvalue weighted by Gasteiger charge is 2.42. The predicted octanol–water partition coefficient (Wildman–Crippen LogP) is 3.07. The van der Waals surface area contributed by atoms with Gasteiger partial charge in [0, 0.05) is 55.6 Å². The van der Waals surface area contributed by atoms with Gasteiger partial charge in [-0.3, -0.25) is 19.7 Å². The van der Waals surface area contributed by atoms with Crippen LogP contribution in [0.4, 0.5) is 14.5 Å². The number of fused-ring (bicyclic) bond motifs is 1. The first-order valence-corrected chi connectivity index (χ1v) is 13.0. The number of anilines is 1. The summed E-state index contributed by atoms with van der Waals surface area (Å²) in [5, 5.41) is 17.2. The van der Waals surface area contributed by atoms with Gasteiger partial charge < -0.3 is 20.2 Å². The van der Waals surface area contributed by atoms with Crippen molar-refractivity contribution >= 4 is 23.4 Å². The van der Waals surface area contributed by atoms with Crippen molar-refractivity contribution in [1.82, 2.24) is 15.5 Å². The Balaban J connectivity index is 1.32. The number of benzene rings is 1. The van der Waals surface area contributed by atoms with Crippen molar-refractivity contribution in [2.24, 2.45) is 0 Å². The Kier molecular flexibility index (Phi) is 6.65. The van der Waals surface area contributed by atoms with Crippen molar-refractivity contribution in [2.45, 2.75) is 101 Å². The van der Waals surface area contributed by atoms with E-state index in [9.17, 15) is 28.3 Å². The fourth-order valence-electron chi connectivity index (χ4n) is 6.35. The summed E-state index contributed by atoms with van der Waals surface area (Å²) in [5.74, 6) is -3.68. The van der Waals surface area contributed by atoms with Gasteiger partial charge in [0.1, 0.15) is 11.8 Å². The highest BCUT2D eigenvalue weighted by atomic mass is 19.3. The molecule has 3 atom stereocenters. The number of phenolic OH excluding ortho intramolecular Hbond substituents is 1. The summed E-state index contributed by atoms with van der Waals surface area (Å²) >= 11 is 0. The van der Waals surface area contributed by atoms with E-state index in [4.69, 9.17) is 0 Å². The Bertz CT molecular complexity index is 1050. The molecule has 1 unspecified atom stereocenters. The normalized spacial score (nSPS) is 28.7. The number of nitrogens with one attached hydrogen (secondary N) is 2. The quantitative estimate of drug-likeness (QED) is 0.533. The van der Waals surface area contributed by atoms with Crippen LogP contribution >= 0.6 is 0 Å². The molecular formula is C26H34F2N4O4. The number of rotatable bonds is 5. The lowest BCUT2D eigenvalue weighted by atomic mass is 9.86. The predicted molar refractivity (Wildman–Crippen MR) is 129 cm³/mol. The van der Waals surface area contributed by atoms with Crippen LogP contribution in [0.5, 0.6) is 5.75 Å². The van der Waals surface area contributed by atoms with Gasteiger partial charge in [-0.25, -0.2) is 8.78 Å². The number of likely N-dealkylation sites (N-methyl/N-ethyl adjacent to an activating group) is 1. The van der Waals surface area contributed by atoms with Crippen molar-refractivity contribution < 1.29 is 28.3 Å². The van der Waals surface area contributed by atoms with Crippen LogP contribution in [0.3, 0.4) is 0 Å². The maximum absolute atomic E-state index is 13.6. The first-order chi connectivity index (χ1) is 17.1. The van der Waals surface area contributed by atoms with Gasteiger partial charge in [-0.15, -0.1) is 0 Å². The van der Waals surface area contributed by atoms with E-state index in [0.717, 1.165) is 25.7 Å². The zero-order valence-corrected chi connectivity index (χ0v) is 20.6. The molecule has 2 aliphatic heterocycles. The van der Waals surface area contributed by atoms with Gasteiger partial charge in [0.05, 0.1) is 12.2 Å². The molecule has 2 saturated carbocycles. The Morgan fingerprint density at radius 3 is 2.53 bits per heavy atom. The Hall–Kier alpha value is -2.75. The summed E-state index contributed by atoms with van der Waals surface area (Å²) in [5.41, 5.74) is 1.47. The average molecular weight is 505 g/mol. The molecule has 3 fully saturated rings. The van der Waals surface area contributed by atoms with E-state index in [1.807, 2.05) is 11.9 Å². The second-order valence-electron chi connectivity index (χ2n) is 10.7. The Labute approximate surface area is 209 Å². The van der Waals surface area contributed by atoms with Crippen LogP contribution in [-0.4, -0.2) is 64.9 Å². The molecule has 3 amide bonds. The minimum Gasteiger partial charge on any atom is -0.505 e. The van der Waals surface area contributed by atoms with Crippen molar-refractivity contribution in [3.05, 3.63) is 23.3 Å². The molecule has 3 N–H and O–H groups in total. The molecule has 5 rings (SSSR count). The van der Waals surface area contributed by atoms with Gasteiger partial charge in [-0.05, 0) is 44.2 Å². The molecule has 2 aliphatic carbocycles. The molecule has 0 bridgehead atoms. The Morgan fingerprint density at radius 2 is 1.81 bits per heavy atom. The summed E-state index contributed by atoms with van der Waals surface area (Å²) in [6.45, 7) is 0.108. The molecule has 36 heavy (non-hydrogen) atoms. The van der Waals surface area contributed by atoms with Gasteiger partial charge in [-0.2, -0.15) is 0 Å². The maximum atomic E-state index is 13.6. The molecule has 4 aliphatic rings. The standard InChI is InChI=1S/C26H34F2N4O4/c1-31(19-5-3-2-4-18(19)29-15-10-12-26(27,28)13-11-15)20-7-6-16-17(23(20)34)14-32(25(16)36)21-8-9-22(33)30-24(21)35/h6-7,15,18-19,21,29,34H,2-5,8-14H2,1H3,(H,30,33,35)/t18-,19+,21?/m1/s1. The lowest BCUT2D eigenvalue weighted by Gasteiger charge is -2.42. The zero-order chi connectivity index (χ0) is 25.6. The minimum atomic E-state index is -2.56. The number of imide groups is 1. The number of alkyl halides is 2. The number of nitrogens with zero attached hydrogens (tertiary/aromatic N) is 2. The third kappa shape index (κ3) is 4.67. The number of phenols is 1. The van der Waals surface area contributed by atoms with Gasteiger partial charge in [0.15, 0.2) is 0 Å². The number of piperidine rings is 1. The number of carbonyl (C=O) groups excluding carboxylic acids is 3. The van der Waals surface area contributed by atoms with E-state index in [-0.39, 0.29) is 67.9 Å². The zero-order valence-electron chi connectivity index (χ0n) is 20.6. The van der Waals surface area contributed by atoms with Gasteiger partial charge in [0.25, 0.3) is 5.91 Å². The van der Waals surface area contributed by atoms with Crippen LogP contribution in [-0.2, 0) is 16.1 Å². The van der Waals surface area contributed by atoms with Gasteiger partial charge >= 0.3 is 0 Å². The summed E-state index contributed by atoms with van der Waals surface area (Å²) in [4.78, 5) is 40.4. The molecule has 0 aromatic heterocycles. The number of aromatic hydroxyl groups is 1. The van der Waals surface area contributed by atoms with Crippen molar-refractivity contribution in [3.63, 3.8) is 0 Å². The van der Waals surface area contributed by atoms with Crippen LogP contribution in [0.2, 0.25) is 0 Å². The molecule has 1 saturated heterocycles. The largest absolute Gasteiger partial charge is 0.505 e. The summed E-state index contributed by atoms with van der Waals surface area (Å²) in [6, 6.07) is 2.97. The average Bonchev–Trinajstić information content (AvgIpc) is 3.18. The van der Waals surface area contributed by atoms with Crippen molar-refractivity contribution in [2.75, 3.05) is 11.9 Å². The second kappa shape index (κ2) is 9.61. The fraction of sp³-hybridized carbons (Fsp3) is 0.654. The number of halogens is 2. The highest BCUT2D eigenvalue weighted by molar-refractivity contribution is 6.06. The van der Waals surface area contributed by atoms with Gasteiger partial charge in [-0.1, -0.05) is 12.8 Å². The number of amides is 3. The first kappa shape index (κ1) is 24.9. The second-order valence-corrected chi connectivity index (χ2v) is 10.7. The van der Waals surface area contributed by atoms with Crippen LogP contribution in [0.15, 0.2) is 12.1 Å². The summed E-state index contributed by atoms with van der Waals surface area (Å²) in [7, 11) is 1.93. The molecule has 2 heterocycles. The highest BCUT2D eigenvalue weighted by Crippen LogP contribution is 2.41. The molecular weight excluding hydrogens is 470 g/mol. The van der Waals surface area contributed by atoms with E-state index in [2.05, 4.69) is 10.6 Å². The molecule has 1 aromatic rings. The SMILES string of the molecule is CN(c1ccc2c(c1O)CN(C1CCC(=O)NC1=O)C2=O)[C@H]1CCCC[C@H]1NC1CCC(F)(F)CC1. The summed E-state index contributed by atoms with van der Waals surface area (Å²) in [6.07, 6.45) is 5.16. The molecule has 1 aromatic carbocycles. The van der Waals surface area contributed by atoms with Crippen molar-refractivity contribution in [1.29, 1.82) is 0 Å². The minimum absolute atomic E-state index is 0.0276. The smallest absolute Gasteiger partial charge is 0.255 e. The van der Waals surface area contributed by atoms with E-state index in [1.54, 1.807) is 12.1 Å². The van der Waals surface area contributed by atoms with E-state index >= 15 is 0 Å². The Morgan fingerprint density at radius 1 is 1.08 bits per heavy atom. The first-order valence-electron chi connectivity index (χ1n) is 13.0. The van der Waals surface area contributed by atoms with Crippen LogP contribution < -0.4 is 15.5 Å². The number of carbonyl (C=O) groups is 3. The van der Waals surface area contributed by atoms with E-state index < -0.39 is 17.9 Å². The van der Waals surface area contributed by atoms with Crippen LogP contribution in [0, 0.1) is 0 Å². The number of hydrogen-bond donors (Lipinski definition) is 3. The van der Waals surface area contributed by atoms with E-state index in [0.29, 0.717) is 29.7 Å². The molecule has 10 heteroatoms. The van der Waals surface area contributed by atoms with Crippen LogP contribution in [0.25, 0.3) is 0 Å². The van der Waals surface area contributed by atoms with E-state index in [1.165, 1.54) is 4.90 Å². The topological polar surface area (TPSA) is 102 Å². The van der Waals surface area contributed by atoms with Gasteiger partial charge in [0.2, 0.25) is 17.7 Å². The molecule has 8 nitrogen and oxygen atoms in total. The molecule has 0 spiro atoms. The molecule has 0 radical (unpaired) electrons. The lowest BCUT2D eigenvalue weighted by molar-refractivity contribution is -0.136. The monoisotopic (exact) mass is 504 g/mol. The fourth-order valence-corrected chi connectivity index (χ4v) is 6.35. The third-order valence-corrected chi connectivity index (χ3v) is 8.44. The third-order valence-electron chi connectivity index (χ3n) is 8.44. The lowest BCUT2D eigenvalue weighted by Crippen LogP contribution is -2.54.